The highest BCUT2D eigenvalue weighted by Crippen LogP contribution is 2.25. The molecule has 1 aromatic heterocycles. The summed E-state index contributed by atoms with van der Waals surface area (Å²) in [5.74, 6) is -0.622. The highest BCUT2D eigenvalue weighted by molar-refractivity contribution is 6.04. The summed E-state index contributed by atoms with van der Waals surface area (Å²) in [5.41, 5.74) is -0.0992. The maximum Gasteiger partial charge on any atom is 0.272 e. The SMILES string of the molecule is CC(=O)c1nccnc1C(=O)NC1CCC(C(=O)NC(C)(C)C)CC1. The van der Waals surface area contributed by atoms with E-state index in [0.29, 0.717) is 0 Å². The summed E-state index contributed by atoms with van der Waals surface area (Å²) in [5, 5.41) is 5.92. The topological polar surface area (TPSA) is 101 Å². The van der Waals surface area contributed by atoms with Gasteiger partial charge in [-0.1, -0.05) is 0 Å². The van der Waals surface area contributed by atoms with Gasteiger partial charge in [0.2, 0.25) is 5.91 Å². The van der Waals surface area contributed by atoms with Gasteiger partial charge < -0.3 is 10.6 Å². The lowest BCUT2D eigenvalue weighted by atomic mass is 9.85. The molecule has 7 heteroatoms. The van der Waals surface area contributed by atoms with Gasteiger partial charge in [0.15, 0.2) is 11.5 Å². The van der Waals surface area contributed by atoms with Gasteiger partial charge in [-0.25, -0.2) is 9.97 Å². The third kappa shape index (κ3) is 5.34. The van der Waals surface area contributed by atoms with Gasteiger partial charge in [-0.2, -0.15) is 0 Å². The number of ketones is 1. The van der Waals surface area contributed by atoms with Crippen LogP contribution >= 0.6 is 0 Å². The summed E-state index contributed by atoms with van der Waals surface area (Å²) >= 11 is 0. The zero-order valence-electron chi connectivity index (χ0n) is 15.3. The van der Waals surface area contributed by atoms with E-state index in [-0.39, 0.29) is 46.5 Å². The van der Waals surface area contributed by atoms with E-state index in [1.807, 2.05) is 20.8 Å². The van der Waals surface area contributed by atoms with Crippen LogP contribution in [0.2, 0.25) is 0 Å². The fourth-order valence-electron chi connectivity index (χ4n) is 2.99. The average Bonchev–Trinajstić information content (AvgIpc) is 2.53. The molecule has 1 aliphatic carbocycles. The minimum absolute atomic E-state index is 0.0170. The molecule has 0 spiro atoms. The molecule has 1 aromatic rings. The lowest BCUT2D eigenvalue weighted by Crippen LogP contribution is -2.46. The molecule has 25 heavy (non-hydrogen) atoms. The van der Waals surface area contributed by atoms with Crippen LogP contribution in [0.4, 0.5) is 0 Å². The summed E-state index contributed by atoms with van der Waals surface area (Å²) in [6, 6.07) is -0.0204. The van der Waals surface area contributed by atoms with Gasteiger partial charge >= 0.3 is 0 Å². The fourth-order valence-corrected chi connectivity index (χ4v) is 2.99. The Kier molecular flexibility index (Phi) is 5.87. The van der Waals surface area contributed by atoms with Crippen molar-refractivity contribution < 1.29 is 14.4 Å². The second-order valence-electron chi connectivity index (χ2n) is 7.57. The van der Waals surface area contributed by atoms with E-state index in [4.69, 9.17) is 0 Å². The zero-order valence-corrected chi connectivity index (χ0v) is 15.3. The Hall–Kier alpha value is -2.31. The highest BCUT2D eigenvalue weighted by Gasteiger charge is 2.29. The molecule has 136 valence electrons. The summed E-state index contributed by atoms with van der Waals surface area (Å²) in [4.78, 5) is 44.1. The first-order valence-electron chi connectivity index (χ1n) is 8.62. The summed E-state index contributed by atoms with van der Waals surface area (Å²) < 4.78 is 0. The lowest BCUT2D eigenvalue weighted by Gasteiger charge is -2.30. The average molecular weight is 346 g/mol. The molecule has 1 saturated carbocycles. The standard InChI is InChI=1S/C18H26N4O3/c1-11(23)14-15(20-10-9-19-14)17(25)21-13-7-5-12(6-8-13)16(24)22-18(2,3)4/h9-10,12-13H,5-8H2,1-4H3,(H,21,25)(H,22,24). The number of aromatic nitrogens is 2. The largest absolute Gasteiger partial charge is 0.351 e. The first kappa shape index (κ1) is 19.0. The normalized spacial score (nSPS) is 20.6. The van der Waals surface area contributed by atoms with Crippen molar-refractivity contribution in [2.45, 2.75) is 65.0 Å². The molecule has 0 aliphatic heterocycles. The van der Waals surface area contributed by atoms with Crippen molar-refractivity contribution in [2.24, 2.45) is 5.92 Å². The first-order valence-corrected chi connectivity index (χ1v) is 8.62. The highest BCUT2D eigenvalue weighted by atomic mass is 16.2. The molecule has 1 fully saturated rings. The van der Waals surface area contributed by atoms with Crippen molar-refractivity contribution in [3.63, 3.8) is 0 Å². The number of nitrogens with one attached hydrogen (secondary N) is 2. The summed E-state index contributed by atoms with van der Waals surface area (Å²) in [6.07, 6.45) is 5.70. The van der Waals surface area contributed by atoms with Crippen molar-refractivity contribution in [1.82, 2.24) is 20.6 Å². The predicted octanol–water partition coefficient (Wildman–Crippen LogP) is 1.88. The van der Waals surface area contributed by atoms with Crippen LogP contribution in [0, 0.1) is 5.92 Å². The number of nitrogens with zero attached hydrogens (tertiary/aromatic N) is 2. The maximum atomic E-state index is 12.4. The second kappa shape index (κ2) is 7.72. The molecule has 0 unspecified atom stereocenters. The van der Waals surface area contributed by atoms with Crippen LogP contribution in [0.5, 0.6) is 0 Å². The van der Waals surface area contributed by atoms with Gasteiger partial charge in [0.25, 0.3) is 5.91 Å². The van der Waals surface area contributed by atoms with E-state index in [1.54, 1.807) is 0 Å². The van der Waals surface area contributed by atoms with Crippen LogP contribution in [0.3, 0.4) is 0 Å². The van der Waals surface area contributed by atoms with Gasteiger partial charge in [0.05, 0.1) is 0 Å². The van der Waals surface area contributed by atoms with Crippen molar-refractivity contribution in [3.05, 3.63) is 23.8 Å². The third-order valence-electron chi connectivity index (χ3n) is 4.18. The van der Waals surface area contributed by atoms with E-state index in [2.05, 4.69) is 20.6 Å². The van der Waals surface area contributed by atoms with Gasteiger partial charge in [-0.3, -0.25) is 14.4 Å². The van der Waals surface area contributed by atoms with E-state index in [0.717, 1.165) is 25.7 Å². The number of hydrogen-bond donors (Lipinski definition) is 2. The van der Waals surface area contributed by atoms with Crippen LogP contribution in [-0.2, 0) is 4.79 Å². The molecule has 1 heterocycles. The molecule has 0 saturated heterocycles. The van der Waals surface area contributed by atoms with Crippen LogP contribution in [0.1, 0.15) is 74.4 Å². The number of carbonyl (C=O) groups is 3. The Morgan fingerprint density at radius 1 is 1.00 bits per heavy atom. The maximum absolute atomic E-state index is 12.4. The Morgan fingerprint density at radius 2 is 1.56 bits per heavy atom. The van der Waals surface area contributed by atoms with Gasteiger partial charge in [0.1, 0.15) is 5.69 Å². The van der Waals surface area contributed by atoms with Gasteiger partial charge in [-0.15, -0.1) is 0 Å². The van der Waals surface area contributed by atoms with Crippen LogP contribution < -0.4 is 10.6 Å². The lowest BCUT2D eigenvalue weighted by molar-refractivity contribution is -0.127. The minimum atomic E-state index is -0.388. The van der Waals surface area contributed by atoms with Crippen molar-refractivity contribution in [3.8, 4) is 0 Å². The Labute approximate surface area is 148 Å². The van der Waals surface area contributed by atoms with E-state index >= 15 is 0 Å². The Balaban J connectivity index is 1.91. The Bertz CT molecular complexity index is 659. The van der Waals surface area contributed by atoms with Crippen molar-refractivity contribution in [1.29, 1.82) is 0 Å². The first-order chi connectivity index (χ1) is 11.7. The molecule has 7 nitrogen and oxygen atoms in total. The molecular formula is C18H26N4O3. The van der Waals surface area contributed by atoms with E-state index in [9.17, 15) is 14.4 Å². The molecule has 2 rings (SSSR count). The minimum Gasteiger partial charge on any atom is -0.351 e. The predicted molar refractivity (Wildman–Crippen MR) is 93.1 cm³/mol. The fraction of sp³-hybridized carbons (Fsp3) is 0.611. The number of rotatable bonds is 4. The molecular weight excluding hydrogens is 320 g/mol. The van der Waals surface area contributed by atoms with Crippen molar-refractivity contribution in [2.75, 3.05) is 0 Å². The third-order valence-corrected chi connectivity index (χ3v) is 4.18. The molecule has 0 aromatic carbocycles. The molecule has 2 amide bonds. The van der Waals surface area contributed by atoms with Gasteiger partial charge in [-0.05, 0) is 46.5 Å². The molecule has 2 N–H and O–H groups in total. The number of hydrogen-bond acceptors (Lipinski definition) is 5. The number of Topliss-reactive ketones (excluding diaryl/α,β-unsaturated/α-hetero) is 1. The number of amides is 2. The molecule has 0 atom stereocenters. The number of carbonyl (C=O) groups excluding carboxylic acids is 3. The summed E-state index contributed by atoms with van der Waals surface area (Å²) in [7, 11) is 0. The quantitative estimate of drug-likeness (QED) is 0.811. The molecule has 0 radical (unpaired) electrons. The summed E-state index contributed by atoms with van der Waals surface area (Å²) in [6.45, 7) is 7.25. The van der Waals surface area contributed by atoms with Gasteiger partial charge in [0, 0.05) is 36.8 Å². The zero-order chi connectivity index (χ0) is 18.6. The monoisotopic (exact) mass is 346 g/mol. The van der Waals surface area contributed by atoms with E-state index < -0.39 is 0 Å². The van der Waals surface area contributed by atoms with Crippen LogP contribution in [0.15, 0.2) is 12.4 Å². The van der Waals surface area contributed by atoms with Crippen LogP contribution in [-0.4, -0.2) is 39.1 Å². The smallest absolute Gasteiger partial charge is 0.272 e. The Morgan fingerprint density at radius 3 is 2.08 bits per heavy atom. The molecule has 1 aliphatic rings. The van der Waals surface area contributed by atoms with Crippen molar-refractivity contribution >= 4 is 17.6 Å². The second-order valence-corrected chi connectivity index (χ2v) is 7.57. The van der Waals surface area contributed by atoms with Crippen LogP contribution in [0.25, 0.3) is 0 Å². The molecule has 0 bridgehead atoms. The van der Waals surface area contributed by atoms with E-state index in [1.165, 1.54) is 19.3 Å².